The third kappa shape index (κ3) is 6.28. The van der Waals surface area contributed by atoms with E-state index in [0.717, 1.165) is 11.1 Å². The minimum Gasteiger partial charge on any atom is -0.494 e. The van der Waals surface area contributed by atoms with Crippen LogP contribution in [-0.2, 0) is 14.3 Å². The average molecular weight is 322 g/mol. The first-order valence-electron chi connectivity index (χ1n) is 7.80. The van der Waals surface area contributed by atoms with E-state index in [1.165, 1.54) is 0 Å². The summed E-state index contributed by atoms with van der Waals surface area (Å²) in [4.78, 5) is 23.7. The molecule has 0 aliphatic carbocycles. The zero-order valence-corrected chi connectivity index (χ0v) is 14.3. The fraction of sp³-hybridized carbons (Fsp3) is 0.529. The van der Waals surface area contributed by atoms with Gasteiger partial charge in [0.2, 0.25) is 0 Å². The Morgan fingerprint density at radius 2 is 2.00 bits per heavy atom. The Kier molecular flexibility index (Phi) is 8.11. The zero-order chi connectivity index (χ0) is 17.2. The van der Waals surface area contributed by atoms with Gasteiger partial charge in [-0.25, -0.2) is 0 Å². The van der Waals surface area contributed by atoms with Gasteiger partial charge >= 0.3 is 11.8 Å². The molecule has 2 N–H and O–H groups in total. The van der Waals surface area contributed by atoms with Gasteiger partial charge in [0.1, 0.15) is 5.75 Å². The van der Waals surface area contributed by atoms with E-state index in [2.05, 4.69) is 10.6 Å². The minimum atomic E-state index is -0.654. The van der Waals surface area contributed by atoms with Crippen molar-refractivity contribution < 1.29 is 19.1 Å². The van der Waals surface area contributed by atoms with E-state index in [1.807, 2.05) is 39.0 Å². The molecule has 2 amide bonds. The summed E-state index contributed by atoms with van der Waals surface area (Å²) in [6.07, 6.45) is 0.664. The summed E-state index contributed by atoms with van der Waals surface area (Å²) in [5.41, 5.74) is 1.92. The Hall–Kier alpha value is -2.08. The highest BCUT2D eigenvalue weighted by Crippen LogP contribution is 2.26. The maximum absolute atomic E-state index is 11.9. The van der Waals surface area contributed by atoms with Crippen molar-refractivity contribution in [3.63, 3.8) is 0 Å². The second kappa shape index (κ2) is 9.84. The Morgan fingerprint density at radius 1 is 1.26 bits per heavy atom. The summed E-state index contributed by atoms with van der Waals surface area (Å²) < 4.78 is 10.5. The molecule has 0 fully saturated rings. The second-order valence-electron chi connectivity index (χ2n) is 5.27. The number of ether oxygens (including phenoxy) is 2. The maximum atomic E-state index is 11.9. The Morgan fingerprint density at radius 3 is 2.65 bits per heavy atom. The first-order valence-corrected chi connectivity index (χ1v) is 7.80. The normalized spacial score (nSPS) is 11.7. The standard InChI is InChI=1S/C17H26N2O4/c1-5-23-15-8-7-12(2)11-14(15)13(3)19-17(21)16(20)18-9-6-10-22-4/h7-8,11,13H,5-6,9-10H2,1-4H3,(H,18,20)(H,19,21). The lowest BCUT2D eigenvalue weighted by Gasteiger charge is -2.18. The molecule has 1 unspecified atom stereocenters. The van der Waals surface area contributed by atoms with E-state index >= 15 is 0 Å². The van der Waals surface area contributed by atoms with Crippen molar-refractivity contribution in [2.75, 3.05) is 26.9 Å². The van der Waals surface area contributed by atoms with Gasteiger partial charge in [0, 0.05) is 25.8 Å². The lowest BCUT2D eigenvalue weighted by atomic mass is 10.0. The molecule has 1 aromatic rings. The number of methoxy groups -OCH3 is 1. The smallest absolute Gasteiger partial charge is 0.309 e. The summed E-state index contributed by atoms with van der Waals surface area (Å²) in [6.45, 7) is 7.18. The van der Waals surface area contributed by atoms with E-state index in [4.69, 9.17) is 9.47 Å². The van der Waals surface area contributed by atoms with Crippen LogP contribution in [0.15, 0.2) is 18.2 Å². The predicted molar refractivity (Wildman–Crippen MR) is 88.4 cm³/mol. The summed E-state index contributed by atoms with van der Waals surface area (Å²) >= 11 is 0. The Balaban J connectivity index is 2.64. The summed E-state index contributed by atoms with van der Waals surface area (Å²) in [5.74, 6) is -0.580. The van der Waals surface area contributed by atoms with Crippen molar-refractivity contribution in [3.8, 4) is 5.75 Å². The van der Waals surface area contributed by atoms with Gasteiger partial charge in [-0.3, -0.25) is 9.59 Å². The molecular formula is C17H26N2O4. The number of amides is 2. The lowest BCUT2D eigenvalue weighted by Crippen LogP contribution is -2.41. The highest BCUT2D eigenvalue weighted by atomic mass is 16.5. The number of nitrogens with one attached hydrogen (secondary N) is 2. The fourth-order valence-corrected chi connectivity index (χ4v) is 2.13. The van der Waals surface area contributed by atoms with Crippen LogP contribution in [0.5, 0.6) is 5.75 Å². The Bertz CT molecular complexity index is 531. The number of carbonyl (C=O) groups is 2. The van der Waals surface area contributed by atoms with Crippen LogP contribution >= 0.6 is 0 Å². The molecule has 6 heteroatoms. The Labute approximate surface area is 137 Å². The fourth-order valence-electron chi connectivity index (χ4n) is 2.13. The molecule has 0 bridgehead atoms. The SMILES string of the molecule is CCOc1ccc(C)cc1C(C)NC(=O)C(=O)NCCCOC. The zero-order valence-electron chi connectivity index (χ0n) is 14.3. The van der Waals surface area contributed by atoms with Crippen molar-refractivity contribution >= 4 is 11.8 Å². The average Bonchev–Trinajstić information content (AvgIpc) is 2.53. The third-order valence-corrected chi connectivity index (χ3v) is 3.30. The molecule has 0 aromatic heterocycles. The van der Waals surface area contributed by atoms with Crippen molar-refractivity contribution in [1.29, 1.82) is 0 Å². The highest BCUT2D eigenvalue weighted by molar-refractivity contribution is 6.35. The number of rotatable bonds is 8. The second-order valence-corrected chi connectivity index (χ2v) is 5.27. The van der Waals surface area contributed by atoms with Crippen molar-refractivity contribution in [3.05, 3.63) is 29.3 Å². The molecule has 0 radical (unpaired) electrons. The molecule has 1 rings (SSSR count). The monoisotopic (exact) mass is 322 g/mol. The van der Waals surface area contributed by atoms with E-state index in [0.29, 0.717) is 31.9 Å². The molecule has 1 atom stereocenters. The van der Waals surface area contributed by atoms with E-state index < -0.39 is 11.8 Å². The van der Waals surface area contributed by atoms with Crippen LogP contribution in [-0.4, -0.2) is 38.7 Å². The van der Waals surface area contributed by atoms with Gasteiger partial charge in [-0.2, -0.15) is 0 Å². The molecule has 0 spiro atoms. The van der Waals surface area contributed by atoms with Crippen molar-refractivity contribution in [2.24, 2.45) is 0 Å². The summed E-state index contributed by atoms with van der Waals surface area (Å²) in [5, 5.41) is 5.26. The van der Waals surface area contributed by atoms with Crippen molar-refractivity contribution in [2.45, 2.75) is 33.2 Å². The minimum absolute atomic E-state index is 0.325. The molecule has 0 aliphatic rings. The van der Waals surface area contributed by atoms with Gasteiger partial charge in [0.25, 0.3) is 0 Å². The highest BCUT2D eigenvalue weighted by Gasteiger charge is 2.19. The van der Waals surface area contributed by atoms with E-state index in [9.17, 15) is 9.59 Å². The van der Waals surface area contributed by atoms with Crippen LogP contribution in [0, 0.1) is 6.92 Å². The van der Waals surface area contributed by atoms with Gasteiger partial charge < -0.3 is 20.1 Å². The first-order chi connectivity index (χ1) is 11.0. The largest absolute Gasteiger partial charge is 0.494 e. The lowest BCUT2D eigenvalue weighted by molar-refractivity contribution is -0.139. The summed E-state index contributed by atoms with van der Waals surface area (Å²) in [7, 11) is 1.59. The molecule has 128 valence electrons. The molecule has 0 aliphatic heterocycles. The third-order valence-electron chi connectivity index (χ3n) is 3.30. The molecule has 0 heterocycles. The molecule has 6 nitrogen and oxygen atoms in total. The van der Waals surface area contributed by atoms with Gasteiger partial charge in [0.15, 0.2) is 0 Å². The predicted octanol–water partition coefficient (Wildman–Crippen LogP) is 1.72. The maximum Gasteiger partial charge on any atom is 0.309 e. The molecular weight excluding hydrogens is 296 g/mol. The van der Waals surface area contributed by atoms with Gasteiger partial charge in [-0.05, 0) is 33.3 Å². The van der Waals surface area contributed by atoms with E-state index in [1.54, 1.807) is 7.11 Å². The number of hydrogen-bond acceptors (Lipinski definition) is 4. The van der Waals surface area contributed by atoms with Crippen LogP contribution < -0.4 is 15.4 Å². The summed E-state index contributed by atoms with van der Waals surface area (Å²) in [6, 6.07) is 5.45. The molecule has 0 saturated carbocycles. The first kappa shape index (κ1) is 19.0. The topological polar surface area (TPSA) is 76.7 Å². The molecule has 0 saturated heterocycles. The van der Waals surface area contributed by atoms with Gasteiger partial charge in [-0.15, -0.1) is 0 Å². The van der Waals surface area contributed by atoms with E-state index in [-0.39, 0.29) is 6.04 Å². The number of benzene rings is 1. The van der Waals surface area contributed by atoms with Crippen LogP contribution in [0.4, 0.5) is 0 Å². The van der Waals surface area contributed by atoms with Crippen molar-refractivity contribution in [1.82, 2.24) is 10.6 Å². The van der Waals surface area contributed by atoms with Crippen LogP contribution in [0.1, 0.15) is 37.4 Å². The van der Waals surface area contributed by atoms with Crippen LogP contribution in [0.2, 0.25) is 0 Å². The van der Waals surface area contributed by atoms with Gasteiger partial charge in [0.05, 0.1) is 12.6 Å². The molecule has 1 aromatic carbocycles. The number of carbonyl (C=O) groups excluding carboxylic acids is 2. The number of aryl methyl sites for hydroxylation is 1. The van der Waals surface area contributed by atoms with Crippen LogP contribution in [0.3, 0.4) is 0 Å². The number of hydrogen-bond donors (Lipinski definition) is 2. The van der Waals surface area contributed by atoms with Gasteiger partial charge in [-0.1, -0.05) is 17.7 Å². The molecule has 23 heavy (non-hydrogen) atoms. The quantitative estimate of drug-likeness (QED) is 0.564. The van der Waals surface area contributed by atoms with Crippen LogP contribution in [0.25, 0.3) is 0 Å².